The van der Waals surface area contributed by atoms with E-state index in [0.29, 0.717) is 0 Å². The molecule has 0 fully saturated rings. The highest BCUT2D eigenvalue weighted by molar-refractivity contribution is 5.86. The van der Waals surface area contributed by atoms with Crippen molar-refractivity contribution in [1.29, 1.82) is 0 Å². The van der Waals surface area contributed by atoms with Crippen molar-refractivity contribution in [2.24, 2.45) is 0 Å². The summed E-state index contributed by atoms with van der Waals surface area (Å²) in [7, 11) is 1.46. The van der Waals surface area contributed by atoms with Crippen molar-refractivity contribution >= 4 is 17.9 Å². The molecule has 7 nitrogen and oxygen atoms in total. The van der Waals surface area contributed by atoms with E-state index in [1.807, 2.05) is 0 Å². The minimum atomic E-state index is -0.991. The highest BCUT2D eigenvalue weighted by Crippen LogP contribution is 1.81. The SMILES string of the molecule is CNC(=O)C(C)NC(=O)NCCC(=O)O. The highest BCUT2D eigenvalue weighted by atomic mass is 16.4. The van der Waals surface area contributed by atoms with Crippen LogP contribution in [0.25, 0.3) is 0 Å². The molecule has 15 heavy (non-hydrogen) atoms. The zero-order chi connectivity index (χ0) is 11.8. The fourth-order valence-corrected chi connectivity index (χ4v) is 0.813. The summed E-state index contributed by atoms with van der Waals surface area (Å²) in [6.07, 6.45) is -0.151. The number of carboxylic acid groups (broad SMARTS) is 1. The monoisotopic (exact) mass is 217 g/mol. The average Bonchev–Trinajstić information content (AvgIpc) is 2.15. The summed E-state index contributed by atoms with van der Waals surface area (Å²) in [5, 5.41) is 15.3. The van der Waals surface area contributed by atoms with Crippen molar-refractivity contribution in [1.82, 2.24) is 16.0 Å². The Bertz CT molecular complexity index is 254. The third-order valence-corrected chi connectivity index (χ3v) is 1.61. The van der Waals surface area contributed by atoms with Gasteiger partial charge in [0.25, 0.3) is 0 Å². The molecule has 0 saturated heterocycles. The van der Waals surface area contributed by atoms with E-state index in [9.17, 15) is 14.4 Å². The van der Waals surface area contributed by atoms with Crippen molar-refractivity contribution in [2.45, 2.75) is 19.4 Å². The molecule has 86 valence electrons. The summed E-state index contributed by atoms with van der Waals surface area (Å²) in [6, 6.07) is -1.22. The Morgan fingerprint density at radius 3 is 2.40 bits per heavy atom. The summed E-state index contributed by atoms with van der Waals surface area (Å²) in [5.41, 5.74) is 0. The first-order valence-electron chi connectivity index (χ1n) is 4.45. The van der Waals surface area contributed by atoms with Crippen LogP contribution in [0.5, 0.6) is 0 Å². The van der Waals surface area contributed by atoms with E-state index in [-0.39, 0.29) is 18.9 Å². The molecule has 0 spiro atoms. The molecule has 0 radical (unpaired) electrons. The lowest BCUT2D eigenvalue weighted by atomic mass is 10.3. The normalized spacial score (nSPS) is 11.3. The number of amides is 3. The van der Waals surface area contributed by atoms with Crippen molar-refractivity contribution in [2.75, 3.05) is 13.6 Å². The molecule has 0 aliphatic rings. The molecule has 0 aliphatic carbocycles. The Morgan fingerprint density at radius 1 is 1.33 bits per heavy atom. The summed E-state index contributed by atoms with van der Waals surface area (Å²) in [4.78, 5) is 32.2. The van der Waals surface area contributed by atoms with Gasteiger partial charge in [-0.3, -0.25) is 9.59 Å². The number of likely N-dealkylation sites (N-methyl/N-ethyl adjacent to an activating group) is 1. The molecule has 0 rings (SSSR count). The molecule has 1 atom stereocenters. The van der Waals surface area contributed by atoms with Crippen molar-refractivity contribution in [3.05, 3.63) is 0 Å². The molecule has 7 heteroatoms. The molecule has 0 bridgehead atoms. The van der Waals surface area contributed by atoms with Crippen LogP contribution < -0.4 is 16.0 Å². The van der Waals surface area contributed by atoms with E-state index in [2.05, 4.69) is 16.0 Å². The number of urea groups is 1. The average molecular weight is 217 g/mol. The lowest BCUT2D eigenvalue weighted by Gasteiger charge is -2.12. The number of rotatable bonds is 5. The third kappa shape index (κ3) is 6.30. The molecular formula is C8H15N3O4. The number of hydrogen-bond donors (Lipinski definition) is 4. The standard InChI is InChI=1S/C8H15N3O4/c1-5(7(14)9-2)11-8(15)10-4-3-6(12)13/h5H,3-4H2,1-2H3,(H,9,14)(H,12,13)(H2,10,11,15). The predicted octanol–water partition coefficient (Wildman–Crippen LogP) is -1.11. The van der Waals surface area contributed by atoms with Crippen LogP contribution in [0.1, 0.15) is 13.3 Å². The number of hydrogen-bond acceptors (Lipinski definition) is 3. The van der Waals surface area contributed by atoms with Gasteiger partial charge in [0.2, 0.25) is 5.91 Å². The van der Waals surface area contributed by atoms with Gasteiger partial charge in [0.15, 0.2) is 0 Å². The minimum absolute atomic E-state index is 0.0294. The summed E-state index contributed by atoms with van der Waals surface area (Å²) in [5.74, 6) is -1.31. The number of aliphatic carboxylic acids is 1. The van der Waals surface area contributed by atoms with E-state index in [1.165, 1.54) is 14.0 Å². The van der Waals surface area contributed by atoms with Crippen LogP contribution in [0.4, 0.5) is 4.79 Å². The van der Waals surface area contributed by atoms with Gasteiger partial charge in [-0.15, -0.1) is 0 Å². The molecule has 1 unspecified atom stereocenters. The maximum atomic E-state index is 11.1. The Kier molecular flexibility index (Phi) is 5.84. The number of carbonyl (C=O) groups is 3. The molecule has 3 amide bonds. The summed E-state index contributed by atoms with van der Waals surface area (Å²) < 4.78 is 0. The Morgan fingerprint density at radius 2 is 1.93 bits per heavy atom. The number of nitrogens with one attached hydrogen (secondary N) is 3. The minimum Gasteiger partial charge on any atom is -0.481 e. The molecule has 0 saturated carbocycles. The lowest BCUT2D eigenvalue weighted by molar-refractivity contribution is -0.136. The second-order valence-corrected chi connectivity index (χ2v) is 2.88. The van der Waals surface area contributed by atoms with E-state index >= 15 is 0 Å². The zero-order valence-corrected chi connectivity index (χ0v) is 8.66. The van der Waals surface area contributed by atoms with Gasteiger partial charge in [-0.1, -0.05) is 0 Å². The second kappa shape index (κ2) is 6.63. The van der Waals surface area contributed by atoms with Crippen LogP contribution in [0.15, 0.2) is 0 Å². The van der Waals surface area contributed by atoms with E-state index in [1.54, 1.807) is 0 Å². The van der Waals surface area contributed by atoms with Gasteiger partial charge < -0.3 is 21.1 Å². The first kappa shape index (κ1) is 13.2. The molecule has 0 heterocycles. The second-order valence-electron chi connectivity index (χ2n) is 2.88. The van der Waals surface area contributed by atoms with Gasteiger partial charge in [-0.25, -0.2) is 4.79 Å². The van der Waals surface area contributed by atoms with Gasteiger partial charge in [0, 0.05) is 13.6 Å². The molecule has 0 aromatic rings. The Labute approximate surface area is 87.2 Å². The molecule has 0 aromatic carbocycles. The zero-order valence-electron chi connectivity index (χ0n) is 8.66. The maximum absolute atomic E-state index is 11.1. The lowest BCUT2D eigenvalue weighted by Crippen LogP contribution is -2.47. The fourth-order valence-electron chi connectivity index (χ4n) is 0.813. The van der Waals surface area contributed by atoms with Crippen LogP contribution in [0, 0.1) is 0 Å². The van der Waals surface area contributed by atoms with Crippen LogP contribution in [0.3, 0.4) is 0 Å². The number of carboxylic acids is 1. The summed E-state index contributed by atoms with van der Waals surface area (Å²) in [6.45, 7) is 1.55. The van der Waals surface area contributed by atoms with E-state index in [4.69, 9.17) is 5.11 Å². The van der Waals surface area contributed by atoms with Gasteiger partial charge in [0.1, 0.15) is 6.04 Å². The van der Waals surface area contributed by atoms with Crippen molar-refractivity contribution < 1.29 is 19.5 Å². The van der Waals surface area contributed by atoms with E-state index < -0.39 is 18.0 Å². The van der Waals surface area contributed by atoms with Gasteiger partial charge in [0.05, 0.1) is 6.42 Å². The maximum Gasteiger partial charge on any atom is 0.315 e. The first-order chi connectivity index (χ1) is 6.97. The Hall–Kier alpha value is -1.79. The van der Waals surface area contributed by atoms with Gasteiger partial charge >= 0.3 is 12.0 Å². The smallest absolute Gasteiger partial charge is 0.315 e. The topological polar surface area (TPSA) is 108 Å². The summed E-state index contributed by atoms with van der Waals surface area (Å²) >= 11 is 0. The largest absolute Gasteiger partial charge is 0.481 e. The van der Waals surface area contributed by atoms with Gasteiger partial charge in [-0.2, -0.15) is 0 Å². The van der Waals surface area contributed by atoms with Crippen LogP contribution in [-0.2, 0) is 9.59 Å². The molecule has 0 aromatic heterocycles. The van der Waals surface area contributed by atoms with Crippen LogP contribution >= 0.6 is 0 Å². The Balaban J connectivity index is 3.74. The molecule has 4 N–H and O–H groups in total. The van der Waals surface area contributed by atoms with Gasteiger partial charge in [-0.05, 0) is 6.92 Å². The first-order valence-corrected chi connectivity index (χ1v) is 4.45. The fraction of sp³-hybridized carbons (Fsp3) is 0.625. The van der Waals surface area contributed by atoms with Crippen LogP contribution in [-0.4, -0.2) is 42.6 Å². The number of carbonyl (C=O) groups excluding carboxylic acids is 2. The van der Waals surface area contributed by atoms with E-state index in [0.717, 1.165) is 0 Å². The molecule has 0 aliphatic heterocycles. The highest BCUT2D eigenvalue weighted by Gasteiger charge is 2.13. The third-order valence-electron chi connectivity index (χ3n) is 1.61. The predicted molar refractivity (Wildman–Crippen MR) is 52.3 cm³/mol. The van der Waals surface area contributed by atoms with Crippen molar-refractivity contribution in [3.63, 3.8) is 0 Å². The molecular weight excluding hydrogens is 202 g/mol. The van der Waals surface area contributed by atoms with Crippen molar-refractivity contribution in [3.8, 4) is 0 Å². The quantitative estimate of drug-likeness (QED) is 0.468. The van der Waals surface area contributed by atoms with Crippen LogP contribution in [0.2, 0.25) is 0 Å².